The molecule has 0 radical (unpaired) electrons. The van der Waals surface area contributed by atoms with Crippen LogP contribution in [-0.4, -0.2) is 34.9 Å². The summed E-state index contributed by atoms with van der Waals surface area (Å²) >= 11 is 0. The fraction of sp³-hybridized carbons (Fsp3) is 0.0690. The first-order valence-corrected chi connectivity index (χ1v) is 11.2. The first-order chi connectivity index (χ1) is 17.9. The number of carbonyl (C=O) groups excluding carboxylic acids is 1. The molecule has 0 amide bonds. The minimum absolute atomic E-state index is 0.0477. The molecule has 0 aromatic heterocycles. The van der Waals surface area contributed by atoms with Crippen LogP contribution in [0.2, 0.25) is 0 Å². The van der Waals surface area contributed by atoms with Gasteiger partial charge in [-0.1, -0.05) is 78.9 Å². The molecule has 4 rings (SSSR count). The van der Waals surface area contributed by atoms with Crippen molar-refractivity contribution in [3.05, 3.63) is 119 Å². The fourth-order valence-electron chi connectivity index (χ4n) is 3.72. The number of esters is 1. The highest BCUT2D eigenvalue weighted by molar-refractivity contribution is 6.03. The summed E-state index contributed by atoms with van der Waals surface area (Å²) in [7, 11) is 0. The van der Waals surface area contributed by atoms with Crippen molar-refractivity contribution in [1.29, 1.82) is 0 Å². The SMILES string of the molecule is O=C(O)c1cc(-c2ccccc2)ccc1COOCOC(=O)c1ccc(-c2ccccc2)cc1C(=O)O. The largest absolute Gasteiger partial charge is 0.478 e. The number of carboxylic acid groups (broad SMARTS) is 2. The molecule has 0 spiro atoms. The molecular weight excluding hydrogens is 476 g/mol. The van der Waals surface area contributed by atoms with E-state index in [1.165, 1.54) is 12.1 Å². The zero-order valence-electron chi connectivity index (χ0n) is 19.5. The number of carbonyl (C=O) groups is 3. The van der Waals surface area contributed by atoms with Crippen LogP contribution in [0.3, 0.4) is 0 Å². The smallest absolute Gasteiger partial charge is 0.341 e. The van der Waals surface area contributed by atoms with Crippen LogP contribution >= 0.6 is 0 Å². The minimum atomic E-state index is -1.28. The van der Waals surface area contributed by atoms with E-state index in [9.17, 15) is 24.6 Å². The van der Waals surface area contributed by atoms with Crippen LogP contribution < -0.4 is 0 Å². The number of hydrogen-bond donors (Lipinski definition) is 2. The second-order valence-corrected chi connectivity index (χ2v) is 7.90. The molecule has 0 aliphatic rings. The number of rotatable bonds is 10. The van der Waals surface area contributed by atoms with Gasteiger partial charge in [-0.05, 0) is 46.0 Å². The third-order valence-electron chi connectivity index (χ3n) is 5.56. The quantitative estimate of drug-likeness (QED) is 0.0942. The lowest BCUT2D eigenvalue weighted by Crippen LogP contribution is -2.14. The Morgan fingerprint density at radius 3 is 1.68 bits per heavy atom. The molecule has 2 N–H and O–H groups in total. The predicted octanol–water partition coefficient (Wildman–Crippen LogP) is 5.68. The lowest BCUT2D eigenvalue weighted by atomic mass is 9.99. The first-order valence-electron chi connectivity index (χ1n) is 11.2. The van der Waals surface area contributed by atoms with Crippen LogP contribution in [0.5, 0.6) is 0 Å². The van der Waals surface area contributed by atoms with Gasteiger partial charge in [0.1, 0.15) is 6.61 Å². The predicted molar refractivity (Wildman–Crippen MR) is 134 cm³/mol. The van der Waals surface area contributed by atoms with E-state index >= 15 is 0 Å². The summed E-state index contributed by atoms with van der Waals surface area (Å²) in [4.78, 5) is 45.9. The van der Waals surface area contributed by atoms with Crippen LogP contribution in [0.15, 0.2) is 97.1 Å². The van der Waals surface area contributed by atoms with Gasteiger partial charge in [0, 0.05) is 0 Å². The maximum Gasteiger partial charge on any atom is 0.341 e. The van der Waals surface area contributed by atoms with Gasteiger partial charge >= 0.3 is 17.9 Å². The van der Waals surface area contributed by atoms with E-state index in [0.29, 0.717) is 11.1 Å². The summed E-state index contributed by atoms with van der Waals surface area (Å²) < 4.78 is 4.99. The molecule has 0 aliphatic heterocycles. The molecule has 0 bridgehead atoms. The average molecular weight is 498 g/mol. The third kappa shape index (κ3) is 6.26. The fourth-order valence-corrected chi connectivity index (χ4v) is 3.72. The molecule has 0 atom stereocenters. The summed E-state index contributed by atoms with van der Waals surface area (Å²) in [5.74, 6) is -3.30. The van der Waals surface area contributed by atoms with Gasteiger partial charge in [0.15, 0.2) is 0 Å². The van der Waals surface area contributed by atoms with Gasteiger partial charge in [-0.3, -0.25) is 0 Å². The third-order valence-corrected chi connectivity index (χ3v) is 5.56. The topological polar surface area (TPSA) is 119 Å². The highest BCUT2D eigenvalue weighted by atomic mass is 17.2. The Morgan fingerprint density at radius 1 is 0.568 bits per heavy atom. The summed E-state index contributed by atoms with van der Waals surface area (Å²) in [5.41, 5.74) is 3.12. The van der Waals surface area contributed by atoms with Crippen molar-refractivity contribution in [2.24, 2.45) is 0 Å². The standard InChI is InChI=1S/C29H22O8/c30-27(31)25-15-21(19-7-3-1-4-8-19)11-12-23(25)17-36-37-18-35-29(34)24-14-13-22(16-26(24)28(32)33)20-9-5-2-6-10-20/h1-16H,17-18H2,(H,30,31)(H,32,33). The van der Waals surface area contributed by atoms with Crippen LogP contribution in [0.1, 0.15) is 36.6 Å². The van der Waals surface area contributed by atoms with E-state index in [2.05, 4.69) is 0 Å². The van der Waals surface area contributed by atoms with Gasteiger partial charge in [-0.2, -0.15) is 4.89 Å². The highest BCUT2D eigenvalue weighted by Crippen LogP contribution is 2.24. The van der Waals surface area contributed by atoms with Crippen LogP contribution in [0.25, 0.3) is 22.3 Å². The molecule has 0 saturated heterocycles. The van der Waals surface area contributed by atoms with Crippen molar-refractivity contribution in [2.45, 2.75) is 6.61 Å². The normalized spacial score (nSPS) is 10.6. The van der Waals surface area contributed by atoms with Crippen LogP contribution in [0.4, 0.5) is 0 Å². The molecule has 0 heterocycles. The molecule has 4 aromatic rings. The van der Waals surface area contributed by atoms with E-state index in [4.69, 9.17) is 14.5 Å². The molecule has 4 aromatic carbocycles. The monoisotopic (exact) mass is 498 g/mol. The van der Waals surface area contributed by atoms with Crippen molar-refractivity contribution in [3.8, 4) is 22.3 Å². The van der Waals surface area contributed by atoms with E-state index in [-0.39, 0.29) is 23.3 Å². The number of benzene rings is 4. The van der Waals surface area contributed by atoms with Gasteiger partial charge in [0.2, 0.25) is 6.79 Å². The van der Waals surface area contributed by atoms with Gasteiger partial charge in [0.25, 0.3) is 0 Å². The summed E-state index contributed by atoms with van der Waals surface area (Å²) in [5, 5.41) is 19.2. The molecule has 186 valence electrons. The molecule has 8 nitrogen and oxygen atoms in total. The van der Waals surface area contributed by atoms with Crippen molar-refractivity contribution in [1.82, 2.24) is 0 Å². The number of aromatic carboxylic acids is 2. The zero-order valence-corrected chi connectivity index (χ0v) is 19.5. The maximum absolute atomic E-state index is 12.5. The summed E-state index contributed by atoms with van der Waals surface area (Å²) in [6.45, 7) is -0.830. The Morgan fingerprint density at radius 2 is 1.11 bits per heavy atom. The number of ether oxygens (including phenoxy) is 1. The first kappa shape index (κ1) is 25.3. The minimum Gasteiger partial charge on any atom is -0.478 e. The van der Waals surface area contributed by atoms with E-state index in [0.717, 1.165) is 16.7 Å². The van der Waals surface area contributed by atoms with E-state index in [1.807, 2.05) is 60.7 Å². The molecule has 0 saturated carbocycles. The molecule has 0 unspecified atom stereocenters. The second-order valence-electron chi connectivity index (χ2n) is 7.90. The molecule has 8 heteroatoms. The maximum atomic E-state index is 12.5. The summed E-state index contributed by atoms with van der Waals surface area (Å²) in [6, 6.07) is 27.8. The van der Waals surface area contributed by atoms with Gasteiger partial charge in [0.05, 0.1) is 16.7 Å². The van der Waals surface area contributed by atoms with E-state index in [1.54, 1.807) is 24.3 Å². The van der Waals surface area contributed by atoms with Crippen LogP contribution in [0, 0.1) is 0 Å². The molecule has 37 heavy (non-hydrogen) atoms. The Balaban J connectivity index is 1.35. The number of hydrogen-bond acceptors (Lipinski definition) is 6. The average Bonchev–Trinajstić information content (AvgIpc) is 2.93. The number of carboxylic acids is 2. The van der Waals surface area contributed by atoms with E-state index < -0.39 is 24.7 Å². The summed E-state index contributed by atoms with van der Waals surface area (Å²) in [6.07, 6.45) is 0. The van der Waals surface area contributed by atoms with Crippen molar-refractivity contribution in [2.75, 3.05) is 6.79 Å². The Kier molecular flexibility index (Phi) is 8.05. The van der Waals surface area contributed by atoms with Gasteiger partial charge < -0.3 is 14.9 Å². The molecule has 0 fully saturated rings. The highest BCUT2D eigenvalue weighted by Gasteiger charge is 2.19. The van der Waals surface area contributed by atoms with Crippen molar-refractivity contribution < 1.29 is 39.1 Å². The lowest BCUT2D eigenvalue weighted by Gasteiger charge is -2.11. The van der Waals surface area contributed by atoms with Crippen LogP contribution in [-0.2, 0) is 21.1 Å². The molecule has 0 aliphatic carbocycles. The lowest BCUT2D eigenvalue weighted by molar-refractivity contribution is -0.335. The zero-order chi connectivity index (χ0) is 26.2. The van der Waals surface area contributed by atoms with Crippen molar-refractivity contribution >= 4 is 17.9 Å². The Bertz CT molecular complexity index is 1410. The molecular formula is C29H22O8. The Hall–Kier alpha value is -4.79. The van der Waals surface area contributed by atoms with Gasteiger partial charge in [-0.15, -0.1) is 0 Å². The van der Waals surface area contributed by atoms with Crippen molar-refractivity contribution in [3.63, 3.8) is 0 Å². The second kappa shape index (κ2) is 11.8. The Labute approximate surface area is 212 Å². The van der Waals surface area contributed by atoms with Gasteiger partial charge in [-0.25, -0.2) is 19.3 Å².